The number of hydrogen-bond acceptors (Lipinski definition) is 5. The van der Waals surface area contributed by atoms with Gasteiger partial charge in [0.25, 0.3) is 5.56 Å². The second-order valence-corrected chi connectivity index (χ2v) is 5.81. The zero-order chi connectivity index (χ0) is 14.5. The largest absolute Gasteiger partial charge is 0.357 e. The number of aromatic nitrogens is 3. The van der Waals surface area contributed by atoms with Crippen LogP contribution in [0.2, 0.25) is 0 Å². The third-order valence-electron chi connectivity index (χ3n) is 3.02. The zero-order valence-corrected chi connectivity index (χ0v) is 12.9. The minimum atomic E-state index is -0.0755. The number of thiazole rings is 1. The monoisotopic (exact) mass is 292 g/mol. The third kappa shape index (κ3) is 3.25. The van der Waals surface area contributed by atoms with E-state index in [9.17, 15) is 4.79 Å². The maximum atomic E-state index is 12.2. The van der Waals surface area contributed by atoms with Crippen LogP contribution in [-0.2, 0) is 13.0 Å². The second kappa shape index (κ2) is 6.65. The van der Waals surface area contributed by atoms with Crippen molar-refractivity contribution in [2.45, 2.75) is 46.2 Å². The molecule has 2 heterocycles. The predicted molar refractivity (Wildman–Crippen MR) is 82.3 cm³/mol. The van der Waals surface area contributed by atoms with Gasteiger partial charge in [0.15, 0.2) is 5.82 Å². The molecule has 2 aromatic heterocycles. The van der Waals surface area contributed by atoms with Gasteiger partial charge >= 0.3 is 0 Å². The number of nitrogens with one attached hydrogen (secondary N) is 1. The van der Waals surface area contributed by atoms with Crippen molar-refractivity contribution in [1.29, 1.82) is 0 Å². The predicted octanol–water partition coefficient (Wildman–Crippen LogP) is 2.85. The van der Waals surface area contributed by atoms with Crippen LogP contribution in [0.25, 0.3) is 0 Å². The zero-order valence-electron chi connectivity index (χ0n) is 12.1. The van der Waals surface area contributed by atoms with E-state index in [4.69, 9.17) is 0 Å². The highest BCUT2D eigenvalue weighted by molar-refractivity contribution is 7.11. The fourth-order valence-corrected chi connectivity index (χ4v) is 2.78. The summed E-state index contributed by atoms with van der Waals surface area (Å²) in [7, 11) is 0. The first-order valence-electron chi connectivity index (χ1n) is 6.92. The topological polar surface area (TPSA) is 59.8 Å². The molecule has 1 unspecified atom stereocenters. The first-order chi connectivity index (χ1) is 9.65. The van der Waals surface area contributed by atoms with E-state index >= 15 is 0 Å². The summed E-state index contributed by atoms with van der Waals surface area (Å²) in [5, 5.41) is 4.15. The average Bonchev–Trinajstić information content (AvgIpc) is 2.92. The van der Waals surface area contributed by atoms with Gasteiger partial charge in [-0.15, -0.1) is 11.3 Å². The van der Waals surface area contributed by atoms with Gasteiger partial charge in [0.2, 0.25) is 0 Å². The van der Waals surface area contributed by atoms with Gasteiger partial charge in [0.05, 0.1) is 6.04 Å². The Bertz CT molecular complexity index is 620. The Hall–Kier alpha value is -1.69. The first-order valence-corrected chi connectivity index (χ1v) is 7.73. The van der Waals surface area contributed by atoms with Crippen molar-refractivity contribution in [3.63, 3.8) is 0 Å². The number of aryl methyl sites for hydroxylation is 2. The van der Waals surface area contributed by atoms with Crippen molar-refractivity contribution in [3.8, 4) is 0 Å². The summed E-state index contributed by atoms with van der Waals surface area (Å²) in [6, 6.07) is -0.0158. The van der Waals surface area contributed by atoms with Crippen LogP contribution < -0.4 is 10.9 Å². The van der Waals surface area contributed by atoms with Crippen molar-refractivity contribution in [2.75, 3.05) is 5.32 Å². The summed E-state index contributed by atoms with van der Waals surface area (Å²) in [4.78, 5) is 22.0. The summed E-state index contributed by atoms with van der Waals surface area (Å²) in [6.45, 7) is 6.86. The molecule has 0 aliphatic carbocycles. The van der Waals surface area contributed by atoms with Gasteiger partial charge in [0, 0.05) is 30.0 Å². The molecule has 0 amide bonds. The highest BCUT2D eigenvalue weighted by Gasteiger charge is 2.13. The van der Waals surface area contributed by atoms with E-state index in [-0.39, 0.29) is 11.6 Å². The van der Waals surface area contributed by atoms with Crippen LogP contribution in [0.15, 0.2) is 23.4 Å². The fourth-order valence-electron chi connectivity index (χ4n) is 1.92. The summed E-state index contributed by atoms with van der Waals surface area (Å²) < 4.78 is 1.68. The van der Waals surface area contributed by atoms with Crippen molar-refractivity contribution < 1.29 is 0 Å². The van der Waals surface area contributed by atoms with E-state index in [1.54, 1.807) is 28.3 Å². The van der Waals surface area contributed by atoms with Gasteiger partial charge in [-0.2, -0.15) is 0 Å². The summed E-state index contributed by atoms with van der Waals surface area (Å²) in [5.41, 5.74) is -0.0755. The summed E-state index contributed by atoms with van der Waals surface area (Å²) in [5.74, 6) is 0.390. The molecule has 0 aromatic carbocycles. The SMILES string of the molecule is CCCn1ccnc(NC(C)c2ncc(CC)s2)c1=O. The summed E-state index contributed by atoms with van der Waals surface area (Å²) >= 11 is 1.67. The number of hydrogen-bond donors (Lipinski definition) is 1. The third-order valence-corrected chi connectivity index (χ3v) is 4.35. The second-order valence-electron chi connectivity index (χ2n) is 4.66. The summed E-state index contributed by atoms with van der Waals surface area (Å²) in [6.07, 6.45) is 7.18. The van der Waals surface area contributed by atoms with E-state index in [0.717, 1.165) is 17.8 Å². The van der Waals surface area contributed by atoms with Crippen molar-refractivity contribution in [3.05, 3.63) is 38.8 Å². The molecule has 2 rings (SSSR count). The molecule has 0 bridgehead atoms. The van der Waals surface area contributed by atoms with Gasteiger partial charge < -0.3 is 9.88 Å². The van der Waals surface area contributed by atoms with E-state index in [0.29, 0.717) is 12.4 Å². The number of rotatable bonds is 6. The van der Waals surface area contributed by atoms with Gasteiger partial charge in [0.1, 0.15) is 5.01 Å². The average molecular weight is 292 g/mol. The van der Waals surface area contributed by atoms with Crippen LogP contribution in [0.4, 0.5) is 5.82 Å². The molecule has 108 valence electrons. The molecule has 0 saturated heterocycles. The van der Waals surface area contributed by atoms with Crippen molar-refractivity contribution >= 4 is 17.2 Å². The molecular weight excluding hydrogens is 272 g/mol. The molecule has 2 aromatic rings. The highest BCUT2D eigenvalue weighted by Crippen LogP contribution is 2.22. The molecule has 1 atom stereocenters. The van der Waals surface area contributed by atoms with Crippen LogP contribution >= 0.6 is 11.3 Å². The van der Waals surface area contributed by atoms with Crippen LogP contribution in [0, 0.1) is 0 Å². The molecule has 0 aliphatic heterocycles. The van der Waals surface area contributed by atoms with E-state index < -0.39 is 0 Å². The molecule has 0 saturated carbocycles. The Morgan fingerprint density at radius 1 is 1.40 bits per heavy atom. The molecule has 5 nitrogen and oxygen atoms in total. The van der Waals surface area contributed by atoms with Gasteiger partial charge in [-0.3, -0.25) is 4.79 Å². The minimum absolute atomic E-state index is 0.0158. The lowest BCUT2D eigenvalue weighted by molar-refractivity contribution is 0.647. The van der Waals surface area contributed by atoms with E-state index in [1.807, 2.05) is 20.0 Å². The first kappa shape index (κ1) is 14.7. The molecule has 1 N–H and O–H groups in total. The van der Waals surface area contributed by atoms with Crippen molar-refractivity contribution in [2.24, 2.45) is 0 Å². The fraction of sp³-hybridized carbons (Fsp3) is 0.500. The Morgan fingerprint density at radius 3 is 2.85 bits per heavy atom. The Balaban J connectivity index is 2.17. The van der Waals surface area contributed by atoms with Crippen LogP contribution in [-0.4, -0.2) is 14.5 Å². The standard InChI is InChI=1S/C14H20N4OS/c1-4-7-18-8-6-15-12(14(18)19)17-10(3)13-16-9-11(5-2)20-13/h6,8-10H,4-5,7H2,1-3H3,(H,15,17). The lowest BCUT2D eigenvalue weighted by Crippen LogP contribution is -2.25. The Kier molecular flexibility index (Phi) is 4.89. The molecule has 0 radical (unpaired) electrons. The molecule has 0 spiro atoms. The Labute approximate surface area is 122 Å². The van der Waals surface area contributed by atoms with Crippen LogP contribution in [0.3, 0.4) is 0 Å². The molecule has 20 heavy (non-hydrogen) atoms. The van der Waals surface area contributed by atoms with Crippen molar-refractivity contribution in [1.82, 2.24) is 14.5 Å². The maximum Gasteiger partial charge on any atom is 0.293 e. The molecule has 6 heteroatoms. The van der Waals surface area contributed by atoms with E-state index in [1.165, 1.54) is 4.88 Å². The molecule has 0 fully saturated rings. The Morgan fingerprint density at radius 2 is 2.20 bits per heavy atom. The van der Waals surface area contributed by atoms with Crippen LogP contribution in [0.5, 0.6) is 0 Å². The molecular formula is C14H20N4OS. The lowest BCUT2D eigenvalue weighted by Gasteiger charge is -2.12. The van der Waals surface area contributed by atoms with E-state index in [2.05, 4.69) is 22.2 Å². The number of anilines is 1. The highest BCUT2D eigenvalue weighted by atomic mass is 32.1. The minimum Gasteiger partial charge on any atom is -0.357 e. The lowest BCUT2D eigenvalue weighted by atomic mass is 10.3. The van der Waals surface area contributed by atoms with Gasteiger partial charge in [-0.25, -0.2) is 9.97 Å². The normalized spacial score (nSPS) is 12.3. The maximum absolute atomic E-state index is 12.2. The molecule has 0 aliphatic rings. The van der Waals surface area contributed by atoms with Crippen LogP contribution in [0.1, 0.15) is 43.1 Å². The smallest absolute Gasteiger partial charge is 0.293 e. The van der Waals surface area contributed by atoms with Gasteiger partial charge in [-0.1, -0.05) is 13.8 Å². The van der Waals surface area contributed by atoms with Gasteiger partial charge in [-0.05, 0) is 19.8 Å². The quantitative estimate of drug-likeness (QED) is 0.889. The number of nitrogens with zero attached hydrogens (tertiary/aromatic N) is 3.